The van der Waals surface area contributed by atoms with Crippen LogP contribution in [0.15, 0.2) is 41.5 Å². The van der Waals surface area contributed by atoms with Crippen molar-refractivity contribution in [1.29, 1.82) is 5.26 Å². The predicted octanol–water partition coefficient (Wildman–Crippen LogP) is 1.49. The maximum absolute atomic E-state index is 8.97. The van der Waals surface area contributed by atoms with Gasteiger partial charge in [-0.2, -0.15) is 5.26 Å². The molecule has 1 aromatic carbocycles. The Labute approximate surface area is 131 Å². The topological polar surface area (TPSA) is 45.9 Å². The van der Waals surface area contributed by atoms with Gasteiger partial charge in [0.05, 0.1) is 24.6 Å². The first-order valence-corrected chi connectivity index (χ1v) is 7.69. The maximum atomic E-state index is 8.97. The number of benzene rings is 1. The molecular formula is C17H21N5. The second kappa shape index (κ2) is 7.21. The van der Waals surface area contributed by atoms with Gasteiger partial charge in [-0.25, -0.2) is 4.99 Å². The molecule has 0 bridgehead atoms. The van der Waals surface area contributed by atoms with E-state index in [0.717, 1.165) is 51.5 Å². The summed E-state index contributed by atoms with van der Waals surface area (Å²) in [5.74, 6) is 0. The molecule has 0 atom stereocenters. The molecule has 0 N–H and O–H groups in total. The fraction of sp³-hybridized carbons (Fsp3) is 0.412. The third-order valence-electron chi connectivity index (χ3n) is 4.07. The normalized spacial score (nSPS) is 19.3. The number of nitriles is 1. The molecule has 22 heavy (non-hydrogen) atoms. The molecule has 0 aromatic heterocycles. The van der Waals surface area contributed by atoms with Crippen LogP contribution in [0.1, 0.15) is 11.1 Å². The zero-order valence-electron chi connectivity index (χ0n) is 12.7. The van der Waals surface area contributed by atoms with Crippen LogP contribution in [0.4, 0.5) is 0 Å². The molecule has 114 valence electrons. The van der Waals surface area contributed by atoms with Crippen molar-refractivity contribution >= 4 is 6.34 Å². The van der Waals surface area contributed by atoms with Gasteiger partial charge in [0.1, 0.15) is 0 Å². The van der Waals surface area contributed by atoms with Crippen molar-refractivity contribution in [3.63, 3.8) is 0 Å². The summed E-state index contributed by atoms with van der Waals surface area (Å²) in [5, 5.41) is 8.97. The Bertz CT molecular complexity index is 593. The summed E-state index contributed by atoms with van der Waals surface area (Å²) in [6.45, 7) is 7.11. The molecule has 0 amide bonds. The van der Waals surface area contributed by atoms with Crippen molar-refractivity contribution in [3.8, 4) is 6.07 Å². The summed E-state index contributed by atoms with van der Waals surface area (Å²) >= 11 is 0. The quantitative estimate of drug-likeness (QED) is 0.844. The average Bonchev–Trinajstić information content (AvgIpc) is 2.58. The molecule has 3 rings (SSSR count). The lowest BCUT2D eigenvalue weighted by molar-refractivity contribution is 0.0989. The second-order valence-corrected chi connectivity index (χ2v) is 5.77. The molecular weight excluding hydrogens is 274 g/mol. The Morgan fingerprint density at radius 3 is 2.68 bits per heavy atom. The SMILES string of the molecule is N#Cc1cccc(CN2CCN(CN3C=NC=CC3)CC2)c1. The maximum Gasteiger partial charge on any atom is 0.0991 e. The number of piperazine rings is 1. The van der Waals surface area contributed by atoms with Crippen LogP contribution < -0.4 is 0 Å². The van der Waals surface area contributed by atoms with Crippen molar-refractivity contribution in [2.45, 2.75) is 6.54 Å². The van der Waals surface area contributed by atoms with E-state index in [1.54, 1.807) is 0 Å². The number of rotatable bonds is 4. The van der Waals surface area contributed by atoms with E-state index in [4.69, 9.17) is 5.26 Å². The van der Waals surface area contributed by atoms with Crippen molar-refractivity contribution in [2.75, 3.05) is 39.4 Å². The van der Waals surface area contributed by atoms with E-state index >= 15 is 0 Å². The number of nitrogens with zero attached hydrogens (tertiary/aromatic N) is 5. The zero-order valence-corrected chi connectivity index (χ0v) is 12.7. The number of hydrogen-bond acceptors (Lipinski definition) is 5. The third kappa shape index (κ3) is 3.94. The average molecular weight is 295 g/mol. The fourth-order valence-corrected chi connectivity index (χ4v) is 2.86. The first kappa shape index (κ1) is 14.8. The molecule has 5 heteroatoms. The zero-order chi connectivity index (χ0) is 15.2. The molecule has 0 unspecified atom stereocenters. The van der Waals surface area contributed by atoms with Crippen LogP contribution in [0.3, 0.4) is 0 Å². The molecule has 1 aromatic rings. The van der Waals surface area contributed by atoms with E-state index in [1.165, 1.54) is 5.56 Å². The van der Waals surface area contributed by atoms with Crippen LogP contribution in [0.2, 0.25) is 0 Å². The van der Waals surface area contributed by atoms with E-state index < -0.39 is 0 Å². The summed E-state index contributed by atoms with van der Waals surface area (Å²) in [7, 11) is 0. The molecule has 1 saturated heterocycles. The molecule has 0 radical (unpaired) electrons. The van der Waals surface area contributed by atoms with Crippen molar-refractivity contribution in [2.24, 2.45) is 4.99 Å². The van der Waals surface area contributed by atoms with E-state index in [1.807, 2.05) is 30.7 Å². The molecule has 0 spiro atoms. The second-order valence-electron chi connectivity index (χ2n) is 5.77. The minimum atomic E-state index is 0.744. The summed E-state index contributed by atoms with van der Waals surface area (Å²) in [6, 6.07) is 10.1. The summed E-state index contributed by atoms with van der Waals surface area (Å²) in [5.41, 5.74) is 1.97. The lowest BCUT2D eigenvalue weighted by atomic mass is 10.1. The van der Waals surface area contributed by atoms with Gasteiger partial charge < -0.3 is 4.90 Å². The van der Waals surface area contributed by atoms with Crippen molar-refractivity contribution in [3.05, 3.63) is 47.7 Å². The highest BCUT2D eigenvalue weighted by molar-refractivity contribution is 5.57. The largest absolute Gasteiger partial charge is 0.346 e. The van der Waals surface area contributed by atoms with E-state index in [2.05, 4.69) is 37.9 Å². The highest BCUT2D eigenvalue weighted by Gasteiger charge is 2.18. The standard InChI is InChI=1S/C17H21N5/c18-12-16-3-1-4-17(11-16)13-20-7-9-21(10-8-20)15-22-6-2-5-19-14-22/h1-5,11,14H,6-10,13,15H2. The minimum Gasteiger partial charge on any atom is -0.346 e. The van der Waals surface area contributed by atoms with Gasteiger partial charge in [-0.1, -0.05) is 12.1 Å². The molecule has 0 aliphatic carbocycles. The molecule has 2 heterocycles. The van der Waals surface area contributed by atoms with Crippen LogP contribution in [0.25, 0.3) is 0 Å². The van der Waals surface area contributed by atoms with Gasteiger partial charge in [0, 0.05) is 45.5 Å². The van der Waals surface area contributed by atoms with Gasteiger partial charge in [-0.3, -0.25) is 9.80 Å². The van der Waals surface area contributed by atoms with E-state index in [-0.39, 0.29) is 0 Å². The summed E-state index contributed by atoms with van der Waals surface area (Å²) < 4.78 is 0. The monoisotopic (exact) mass is 295 g/mol. The first-order chi connectivity index (χ1) is 10.8. The van der Waals surface area contributed by atoms with Gasteiger partial charge in [-0.15, -0.1) is 0 Å². The van der Waals surface area contributed by atoms with E-state index in [0.29, 0.717) is 0 Å². The number of aliphatic imine (C=N–C) groups is 1. The highest BCUT2D eigenvalue weighted by Crippen LogP contribution is 2.11. The predicted molar refractivity (Wildman–Crippen MR) is 87.2 cm³/mol. The van der Waals surface area contributed by atoms with Crippen LogP contribution in [-0.2, 0) is 6.54 Å². The molecule has 0 saturated carbocycles. The van der Waals surface area contributed by atoms with Gasteiger partial charge in [0.15, 0.2) is 0 Å². The highest BCUT2D eigenvalue weighted by atomic mass is 15.4. The summed E-state index contributed by atoms with van der Waals surface area (Å²) in [4.78, 5) is 11.3. The minimum absolute atomic E-state index is 0.744. The molecule has 2 aliphatic rings. The lowest BCUT2D eigenvalue weighted by Crippen LogP contribution is -2.49. The van der Waals surface area contributed by atoms with Gasteiger partial charge in [0.25, 0.3) is 0 Å². The van der Waals surface area contributed by atoms with E-state index in [9.17, 15) is 0 Å². The lowest BCUT2D eigenvalue weighted by Gasteiger charge is -2.37. The van der Waals surface area contributed by atoms with Crippen LogP contribution in [0.5, 0.6) is 0 Å². The van der Waals surface area contributed by atoms with Crippen LogP contribution in [0, 0.1) is 11.3 Å². The van der Waals surface area contributed by atoms with Crippen molar-refractivity contribution in [1.82, 2.24) is 14.7 Å². The molecule has 1 fully saturated rings. The Hall–Kier alpha value is -2.16. The molecule has 2 aliphatic heterocycles. The Morgan fingerprint density at radius 2 is 1.95 bits per heavy atom. The molecule has 5 nitrogen and oxygen atoms in total. The third-order valence-corrected chi connectivity index (χ3v) is 4.07. The summed E-state index contributed by atoms with van der Waals surface area (Å²) in [6.07, 6.45) is 5.85. The Morgan fingerprint density at radius 1 is 1.14 bits per heavy atom. The fourth-order valence-electron chi connectivity index (χ4n) is 2.86. The first-order valence-electron chi connectivity index (χ1n) is 7.69. The Balaban J connectivity index is 1.46. The van der Waals surface area contributed by atoms with Gasteiger partial charge >= 0.3 is 0 Å². The smallest absolute Gasteiger partial charge is 0.0991 e. The number of hydrogen-bond donors (Lipinski definition) is 0. The Kier molecular flexibility index (Phi) is 4.84. The van der Waals surface area contributed by atoms with Crippen molar-refractivity contribution < 1.29 is 0 Å². The van der Waals surface area contributed by atoms with Crippen LogP contribution >= 0.6 is 0 Å². The van der Waals surface area contributed by atoms with Gasteiger partial charge in [-0.05, 0) is 23.8 Å². The van der Waals surface area contributed by atoms with Crippen LogP contribution in [-0.4, -0.2) is 60.4 Å². The van der Waals surface area contributed by atoms with Gasteiger partial charge in [0.2, 0.25) is 0 Å².